The van der Waals surface area contributed by atoms with E-state index in [1.807, 2.05) is 25.1 Å². The van der Waals surface area contributed by atoms with Crippen molar-refractivity contribution >= 4 is 23.5 Å². The van der Waals surface area contributed by atoms with Gasteiger partial charge in [0.2, 0.25) is 0 Å². The number of aryl methyl sites for hydroxylation is 1. The molecule has 1 aromatic carbocycles. The molecule has 0 aromatic heterocycles. The van der Waals surface area contributed by atoms with Crippen LogP contribution < -0.4 is 0 Å². The van der Waals surface area contributed by atoms with Crippen molar-refractivity contribution in [2.45, 2.75) is 13.1 Å². The lowest BCUT2D eigenvalue weighted by Gasteiger charge is -2.14. The van der Waals surface area contributed by atoms with E-state index in [9.17, 15) is 4.57 Å². The highest BCUT2D eigenvalue weighted by atomic mass is 79.9. The molecule has 0 N–H and O–H groups in total. The second-order valence-electron chi connectivity index (χ2n) is 3.20. The summed E-state index contributed by atoms with van der Waals surface area (Å²) in [7, 11) is -0.158. The minimum absolute atomic E-state index is 0.305. The van der Waals surface area contributed by atoms with Gasteiger partial charge in [0.25, 0.3) is 0 Å². The van der Waals surface area contributed by atoms with Crippen LogP contribution in [0.5, 0.6) is 0 Å². The van der Waals surface area contributed by atoms with Crippen molar-refractivity contribution in [1.82, 2.24) is 0 Å². The Morgan fingerprint density at radius 3 is 2.40 bits per heavy atom. The number of halogens is 1. The summed E-state index contributed by atoms with van der Waals surface area (Å²) < 4.78 is 22.7. The average Bonchev–Trinajstić information content (AvgIpc) is 2.22. The van der Waals surface area contributed by atoms with Gasteiger partial charge >= 0.3 is 7.60 Å². The third kappa shape index (κ3) is 3.42. The van der Waals surface area contributed by atoms with Crippen LogP contribution in [-0.4, -0.2) is 14.2 Å². The van der Waals surface area contributed by atoms with Crippen LogP contribution in [0.4, 0.5) is 0 Å². The molecule has 0 saturated heterocycles. The van der Waals surface area contributed by atoms with Crippen LogP contribution in [0.15, 0.2) is 22.7 Å². The van der Waals surface area contributed by atoms with Crippen molar-refractivity contribution in [2.24, 2.45) is 0 Å². The van der Waals surface area contributed by atoms with E-state index in [1.165, 1.54) is 14.2 Å². The molecular formula is C10H14BrO3P. The fraction of sp³-hybridized carbons (Fsp3) is 0.400. The van der Waals surface area contributed by atoms with Gasteiger partial charge in [-0.15, -0.1) is 0 Å². The quantitative estimate of drug-likeness (QED) is 0.793. The summed E-state index contributed by atoms with van der Waals surface area (Å²) in [6.07, 6.45) is 0.305. The first-order chi connectivity index (χ1) is 7.00. The molecule has 0 radical (unpaired) electrons. The maximum absolute atomic E-state index is 11.9. The summed E-state index contributed by atoms with van der Waals surface area (Å²) in [6, 6.07) is 5.81. The van der Waals surface area contributed by atoms with Crippen molar-refractivity contribution in [2.75, 3.05) is 14.2 Å². The van der Waals surface area contributed by atoms with Gasteiger partial charge in [-0.1, -0.05) is 22.0 Å². The molecule has 0 atom stereocenters. The molecule has 84 valence electrons. The molecule has 5 heteroatoms. The summed E-state index contributed by atoms with van der Waals surface area (Å²) in [5.74, 6) is 0. The molecule has 3 nitrogen and oxygen atoms in total. The molecule has 0 amide bonds. The molecule has 1 aromatic rings. The third-order valence-electron chi connectivity index (χ3n) is 2.22. The Morgan fingerprint density at radius 2 is 1.93 bits per heavy atom. The Kier molecular flexibility index (Phi) is 4.53. The van der Waals surface area contributed by atoms with Crippen molar-refractivity contribution in [3.63, 3.8) is 0 Å². The highest BCUT2D eigenvalue weighted by Crippen LogP contribution is 2.50. The minimum atomic E-state index is -2.96. The van der Waals surface area contributed by atoms with Crippen LogP contribution in [0, 0.1) is 6.92 Å². The van der Waals surface area contributed by atoms with Gasteiger partial charge in [-0.25, -0.2) is 0 Å². The Hall–Kier alpha value is -0.150. The summed E-state index contributed by atoms with van der Waals surface area (Å²) >= 11 is 3.38. The van der Waals surface area contributed by atoms with Crippen molar-refractivity contribution in [3.8, 4) is 0 Å². The number of hydrogen-bond acceptors (Lipinski definition) is 3. The first kappa shape index (κ1) is 12.9. The lowest BCUT2D eigenvalue weighted by Crippen LogP contribution is -1.95. The Labute approximate surface area is 98.4 Å². The van der Waals surface area contributed by atoms with Gasteiger partial charge in [-0.05, 0) is 30.2 Å². The fourth-order valence-electron chi connectivity index (χ4n) is 1.25. The van der Waals surface area contributed by atoms with Gasteiger partial charge in [-0.3, -0.25) is 4.57 Å². The van der Waals surface area contributed by atoms with E-state index in [-0.39, 0.29) is 0 Å². The van der Waals surface area contributed by atoms with E-state index < -0.39 is 7.60 Å². The van der Waals surface area contributed by atoms with Gasteiger partial charge in [0.05, 0.1) is 6.16 Å². The van der Waals surface area contributed by atoms with E-state index >= 15 is 0 Å². The second-order valence-corrected chi connectivity index (χ2v) is 6.39. The molecule has 0 fully saturated rings. The first-order valence-electron chi connectivity index (χ1n) is 4.46. The zero-order valence-electron chi connectivity index (χ0n) is 8.99. The standard InChI is InChI=1S/C10H14BrO3P/c1-8-6-10(11)5-4-9(8)7-15(12,13-2)14-3/h4-6H,7H2,1-3H3. The van der Waals surface area contributed by atoms with Gasteiger partial charge in [-0.2, -0.15) is 0 Å². The van der Waals surface area contributed by atoms with E-state index in [1.54, 1.807) is 0 Å². The zero-order valence-corrected chi connectivity index (χ0v) is 11.5. The van der Waals surface area contributed by atoms with Gasteiger partial charge in [0, 0.05) is 18.7 Å². The summed E-state index contributed by atoms with van der Waals surface area (Å²) in [5.41, 5.74) is 2.05. The normalized spacial score (nSPS) is 11.7. The summed E-state index contributed by atoms with van der Waals surface area (Å²) in [4.78, 5) is 0. The van der Waals surface area contributed by atoms with Crippen LogP contribution in [-0.2, 0) is 19.8 Å². The molecule has 0 unspecified atom stereocenters. The fourth-order valence-corrected chi connectivity index (χ4v) is 2.90. The Morgan fingerprint density at radius 1 is 1.33 bits per heavy atom. The molecular weight excluding hydrogens is 279 g/mol. The largest absolute Gasteiger partial charge is 0.334 e. The molecule has 0 heterocycles. The van der Waals surface area contributed by atoms with Crippen molar-refractivity contribution < 1.29 is 13.6 Å². The average molecular weight is 293 g/mol. The van der Waals surface area contributed by atoms with E-state index in [0.29, 0.717) is 6.16 Å². The molecule has 0 aliphatic rings. The van der Waals surface area contributed by atoms with Gasteiger partial charge < -0.3 is 9.05 Å². The Balaban J connectivity index is 2.94. The number of rotatable bonds is 4. The van der Waals surface area contributed by atoms with Crippen molar-refractivity contribution in [1.29, 1.82) is 0 Å². The van der Waals surface area contributed by atoms with E-state index in [2.05, 4.69) is 15.9 Å². The van der Waals surface area contributed by atoms with Crippen LogP contribution in [0.3, 0.4) is 0 Å². The maximum Gasteiger partial charge on any atom is 0.334 e. The number of benzene rings is 1. The molecule has 0 saturated carbocycles. The molecule has 15 heavy (non-hydrogen) atoms. The lowest BCUT2D eigenvalue weighted by molar-refractivity contribution is 0.274. The topological polar surface area (TPSA) is 35.5 Å². The molecule has 0 aliphatic carbocycles. The predicted octanol–water partition coefficient (Wildman–Crippen LogP) is 3.74. The van der Waals surface area contributed by atoms with Crippen LogP contribution >= 0.6 is 23.5 Å². The van der Waals surface area contributed by atoms with E-state index in [0.717, 1.165) is 15.6 Å². The molecule has 0 spiro atoms. The smallest absolute Gasteiger partial charge is 0.312 e. The highest BCUT2D eigenvalue weighted by molar-refractivity contribution is 9.10. The second kappa shape index (κ2) is 5.26. The first-order valence-corrected chi connectivity index (χ1v) is 6.98. The minimum Gasteiger partial charge on any atom is -0.312 e. The summed E-state index contributed by atoms with van der Waals surface area (Å²) in [5, 5.41) is 0. The summed E-state index contributed by atoms with van der Waals surface area (Å²) in [6.45, 7) is 1.97. The van der Waals surface area contributed by atoms with Crippen LogP contribution in [0.25, 0.3) is 0 Å². The molecule has 0 bridgehead atoms. The molecule has 0 aliphatic heterocycles. The predicted molar refractivity (Wildman–Crippen MR) is 64.2 cm³/mol. The highest BCUT2D eigenvalue weighted by Gasteiger charge is 2.22. The number of hydrogen-bond donors (Lipinski definition) is 0. The van der Waals surface area contributed by atoms with Gasteiger partial charge in [0.15, 0.2) is 0 Å². The SMILES string of the molecule is COP(=O)(Cc1ccc(Br)cc1C)OC. The van der Waals surface area contributed by atoms with Crippen molar-refractivity contribution in [3.05, 3.63) is 33.8 Å². The zero-order chi connectivity index (χ0) is 11.5. The maximum atomic E-state index is 11.9. The van der Waals surface area contributed by atoms with Gasteiger partial charge in [0.1, 0.15) is 0 Å². The lowest BCUT2D eigenvalue weighted by atomic mass is 10.1. The molecule has 1 rings (SSSR count). The monoisotopic (exact) mass is 292 g/mol. The third-order valence-corrected chi connectivity index (χ3v) is 4.56. The Bertz CT molecular complexity index is 384. The van der Waals surface area contributed by atoms with Crippen LogP contribution in [0.1, 0.15) is 11.1 Å². The van der Waals surface area contributed by atoms with E-state index in [4.69, 9.17) is 9.05 Å². The van der Waals surface area contributed by atoms with Crippen LogP contribution in [0.2, 0.25) is 0 Å².